The van der Waals surface area contributed by atoms with E-state index in [0.29, 0.717) is 6.04 Å². The molecule has 1 heterocycles. The summed E-state index contributed by atoms with van der Waals surface area (Å²) in [6.07, 6.45) is 5.78. The molecule has 2 rings (SSSR count). The molecule has 1 aromatic carbocycles. The number of rotatable bonds is 4. The van der Waals surface area contributed by atoms with Gasteiger partial charge in [0.2, 0.25) is 0 Å². The van der Waals surface area contributed by atoms with Crippen LogP contribution in [-0.2, 0) is 0 Å². The third-order valence-electron chi connectivity index (χ3n) is 2.51. The summed E-state index contributed by atoms with van der Waals surface area (Å²) < 4.78 is 0. The molecule has 1 atom stereocenters. The molecule has 0 radical (unpaired) electrons. The van der Waals surface area contributed by atoms with Crippen molar-refractivity contribution >= 4 is 6.08 Å². The summed E-state index contributed by atoms with van der Waals surface area (Å²) in [5.41, 5.74) is 1.82. The van der Waals surface area contributed by atoms with Gasteiger partial charge >= 0.3 is 0 Å². The lowest BCUT2D eigenvalue weighted by Crippen LogP contribution is -2.17. The Morgan fingerprint density at radius 3 is 2.76 bits per heavy atom. The minimum Gasteiger partial charge on any atom is -0.314 e. The molecule has 0 aliphatic carbocycles. The second-order valence-electron chi connectivity index (χ2n) is 3.83. The third kappa shape index (κ3) is 3.01. The van der Waals surface area contributed by atoms with Gasteiger partial charge in [0.1, 0.15) is 5.69 Å². The van der Waals surface area contributed by atoms with Crippen LogP contribution in [0.3, 0.4) is 0 Å². The summed E-state index contributed by atoms with van der Waals surface area (Å²) in [6.45, 7) is 2.08. The van der Waals surface area contributed by atoms with Crippen LogP contribution in [-0.4, -0.2) is 28.1 Å². The molecule has 1 N–H and O–H groups in total. The molecule has 0 aliphatic heterocycles. The average Bonchev–Trinajstić information content (AvgIpc) is 2.86. The van der Waals surface area contributed by atoms with Crippen LogP contribution >= 0.6 is 0 Å². The zero-order chi connectivity index (χ0) is 12.1. The standard InChI is InChI=1S/C13H16N4/c1-11(14-2)8-9-12-10-15-17(16-12)13-6-4-3-5-7-13/h3-11,14H,1-2H3/b9-8+. The van der Waals surface area contributed by atoms with Crippen LogP contribution in [0.4, 0.5) is 0 Å². The van der Waals surface area contributed by atoms with Crippen LogP contribution in [0.2, 0.25) is 0 Å². The smallest absolute Gasteiger partial charge is 0.106 e. The Hall–Kier alpha value is -1.94. The zero-order valence-electron chi connectivity index (χ0n) is 10.0. The summed E-state index contributed by atoms with van der Waals surface area (Å²) in [4.78, 5) is 1.63. The van der Waals surface area contributed by atoms with Crippen molar-refractivity contribution in [3.63, 3.8) is 0 Å². The quantitative estimate of drug-likeness (QED) is 0.869. The number of hydrogen-bond donors (Lipinski definition) is 1. The summed E-state index contributed by atoms with van der Waals surface area (Å²) in [5, 5.41) is 11.7. The maximum atomic E-state index is 4.38. The molecular formula is C13H16N4. The van der Waals surface area contributed by atoms with E-state index in [9.17, 15) is 0 Å². The van der Waals surface area contributed by atoms with Gasteiger partial charge in [0.25, 0.3) is 0 Å². The molecule has 0 aliphatic rings. The van der Waals surface area contributed by atoms with Crippen LogP contribution in [0.25, 0.3) is 11.8 Å². The van der Waals surface area contributed by atoms with E-state index in [1.165, 1.54) is 0 Å². The number of para-hydroxylation sites is 1. The van der Waals surface area contributed by atoms with Crippen LogP contribution < -0.4 is 5.32 Å². The Morgan fingerprint density at radius 1 is 1.29 bits per heavy atom. The van der Waals surface area contributed by atoms with E-state index in [1.807, 2.05) is 43.5 Å². The molecule has 4 nitrogen and oxygen atoms in total. The first-order valence-electron chi connectivity index (χ1n) is 5.63. The number of nitrogens with zero attached hydrogens (tertiary/aromatic N) is 3. The van der Waals surface area contributed by atoms with Gasteiger partial charge in [0.05, 0.1) is 11.9 Å². The molecule has 0 amide bonds. The molecule has 0 spiro atoms. The van der Waals surface area contributed by atoms with E-state index in [1.54, 1.807) is 11.0 Å². The van der Waals surface area contributed by atoms with Gasteiger partial charge in [-0.2, -0.15) is 9.90 Å². The second kappa shape index (κ2) is 5.41. The molecule has 0 fully saturated rings. The fourth-order valence-electron chi connectivity index (χ4n) is 1.38. The lowest BCUT2D eigenvalue weighted by Gasteiger charge is -2.00. The lowest BCUT2D eigenvalue weighted by atomic mass is 10.3. The van der Waals surface area contributed by atoms with Crippen molar-refractivity contribution in [2.24, 2.45) is 0 Å². The van der Waals surface area contributed by atoms with Crippen LogP contribution in [0.5, 0.6) is 0 Å². The Kier molecular flexibility index (Phi) is 3.67. The van der Waals surface area contributed by atoms with E-state index in [4.69, 9.17) is 0 Å². The summed E-state index contributed by atoms with van der Waals surface area (Å²) in [7, 11) is 1.93. The molecule has 0 saturated carbocycles. The summed E-state index contributed by atoms with van der Waals surface area (Å²) >= 11 is 0. The van der Waals surface area contributed by atoms with E-state index < -0.39 is 0 Å². The second-order valence-corrected chi connectivity index (χ2v) is 3.83. The number of likely N-dealkylation sites (N-methyl/N-ethyl adjacent to an activating group) is 1. The van der Waals surface area contributed by atoms with Gasteiger partial charge in [-0.25, -0.2) is 0 Å². The first-order valence-corrected chi connectivity index (χ1v) is 5.63. The highest BCUT2D eigenvalue weighted by molar-refractivity contribution is 5.44. The van der Waals surface area contributed by atoms with Crippen molar-refractivity contribution < 1.29 is 0 Å². The van der Waals surface area contributed by atoms with Crippen molar-refractivity contribution in [3.8, 4) is 5.69 Å². The van der Waals surface area contributed by atoms with Gasteiger partial charge in [-0.15, -0.1) is 5.10 Å². The van der Waals surface area contributed by atoms with Gasteiger partial charge in [0.15, 0.2) is 0 Å². The predicted molar refractivity (Wildman–Crippen MR) is 68.9 cm³/mol. The van der Waals surface area contributed by atoms with Crippen molar-refractivity contribution in [1.29, 1.82) is 0 Å². The minimum absolute atomic E-state index is 0.330. The van der Waals surface area contributed by atoms with Gasteiger partial charge in [-0.3, -0.25) is 0 Å². The van der Waals surface area contributed by atoms with E-state index in [0.717, 1.165) is 11.4 Å². The van der Waals surface area contributed by atoms with Gasteiger partial charge in [-0.05, 0) is 32.2 Å². The number of nitrogens with one attached hydrogen (secondary N) is 1. The first-order chi connectivity index (χ1) is 8.29. The molecule has 2 aromatic rings. The highest BCUT2D eigenvalue weighted by Crippen LogP contribution is 2.05. The normalized spacial score (nSPS) is 13.1. The van der Waals surface area contributed by atoms with E-state index in [2.05, 4.69) is 28.5 Å². The Balaban J connectivity index is 2.14. The highest BCUT2D eigenvalue weighted by Gasteiger charge is 1.99. The van der Waals surface area contributed by atoms with Crippen LogP contribution in [0.15, 0.2) is 42.6 Å². The lowest BCUT2D eigenvalue weighted by molar-refractivity contribution is 0.730. The average molecular weight is 228 g/mol. The van der Waals surface area contributed by atoms with Crippen molar-refractivity contribution in [2.75, 3.05) is 7.05 Å². The topological polar surface area (TPSA) is 42.7 Å². The van der Waals surface area contributed by atoms with Gasteiger partial charge < -0.3 is 5.32 Å². The minimum atomic E-state index is 0.330. The fraction of sp³-hybridized carbons (Fsp3) is 0.231. The molecule has 1 aromatic heterocycles. The largest absolute Gasteiger partial charge is 0.314 e. The molecule has 17 heavy (non-hydrogen) atoms. The van der Waals surface area contributed by atoms with Crippen LogP contribution in [0.1, 0.15) is 12.6 Å². The zero-order valence-corrected chi connectivity index (χ0v) is 10.0. The SMILES string of the molecule is CNC(C)/C=C/c1cnn(-c2ccccc2)n1. The maximum absolute atomic E-state index is 4.38. The summed E-state index contributed by atoms with van der Waals surface area (Å²) in [6, 6.07) is 10.2. The van der Waals surface area contributed by atoms with Gasteiger partial charge in [-0.1, -0.05) is 24.3 Å². The third-order valence-corrected chi connectivity index (χ3v) is 2.51. The predicted octanol–water partition coefficient (Wildman–Crippen LogP) is 1.89. The Bertz CT molecular complexity index is 487. The van der Waals surface area contributed by atoms with E-state index >= 15 is 0 Å². The van der Waals surface area contributed by atoms with Crippen molar-refractivity contribution in [1.82, 2.24) is 20.3 Å². The summed E-state index contributed by atoms with van der Waals surface area (Å²) in [5.74, 6) is 0. The molecule has 0 bridgehead atoms. The molecular weight excluding hydrogens is 212 g/mol. The van der Waals surface area contributed by atoms with Gasteiger partial charge in [0, 0.05) is 6.04 Å². The molecule has 0 saturated heterocycles. The number of aromatic nitrogens is 3. The molecule has 1 unspecified atom stereocenters. The monoisotopic (exact) mass is 228 g/mol. The fourth-order valence-corrected chi connectivity index (χ4v) is 1.38. The van der Waals surface area contributed by atoms with E-state index in [-0.39, 0.29) is 0 Å². The molecule has 4 heteroatoms. The highest BCUT2D eigenvalue weighted by atomic mass is 15.5. The Morgan fingerprint density at radius 2 is 2.06 bits per heavy atom. The molecule has 88 valence electrons. The number of hydrogen-bond acceptors (Lipinski definition) is 3. The van der Waals surface area contributed by atoms with Crippen molar-refractivity contribution in [2.45, 2.75) is 13.0 Å². The maximum Gasteiger partial charge on any atom is 0.106 e. The van der Waals surface area contributed by atoms with Crippen molar-refractivity contribution in [3.05, 3.63) is 48.3 Å². The van der Waals surface area contributed by atoms with Crippen LogP contribution in [0, 0.1) is 0 Å². The first kappa shape index (κ1) is 11.5. The Labute approximate surface area is 101 Å². The number of benzene rings is 1.